The van der Waals surface area contributed by atoms with E-state index < -0.39 is 47.8 Å². The molecule has 74 heavy (non-hydrogen) atoms. The maximum atomic E-state index is 14.1. The van der Waals surface area contributed by atoms with Crippen LogP contribution < -0.4 is 0 Å². The van der Waals surface area contributed by atoms with Crippen LogP contribution in [-0.4, -0.2) is 71.6 Å². The molecular weight excluding hydrogens is 951 g/mol. The third kappa shape index (κ3) is 32.3. The molecule has 0 aromatic heterocycles. The quantitative estimate of drug-likeness (QED) is 0.0143. The first-order valence-electron chi connectivity index (χ1n) is 31.1. The van der Waals surface area contributed by atoms with Gasteiger partial charge in [0.2, 0.25) is 0 Å². The topological polar surface area (TPSA) is 163 Å². The molecule has 2 aliphatic rings. The SMILES string of the molecule is CCCCCCCCCCCC(=O)OC[C@H]1O[C@H](SC2CC(N=[N+]=[N-])CC2(C)C)[C@H](OC(=O)CCCCCCCCCCC)[C@@H](OC(=O)CCCCCCCCCCC)[C@@H]1OC(=O)CCCCCCCCCCC. The van der Waals surface area contributed by atoms with Crippen molar-refractivity contribution in [1.29, 1.82) is 0 Å². The number of thioether (sulfide) groups is 1. The molecule has 0 N–H and O–H groups in total. The fraction of sp³-hybridized carbons (Fsp3) is 0.934. The molecule has 430 valence electrons. The first-order chi connectivity index (χ1) is 36.0. The zero-order valence-electron chi connectivity index (χ0n) is 48.4. The molecule has 12 nitrogen and oxygen atoms in total. The Labute approximate surface area is 456 Å². The molecule has 0 amide bonds. The smallest absolute Gasteiger partial charge is 0.306 e. The molecular formula is C61H111N3O9S. The largest absolute Gasteiger partial charge is 0.463 e. The van der Waals surface area contributed by atoms with Crippen molar-refractivity contribution in [3.63, 3.8) is 0 Å². The summed E-state index contributed by atoms with van der Waals surface area (Å²) in [4.78, 5) is 58.7. The highest BCUT2D eigenvalue weighted by Crippen LogP contribution is 2.49. The minimum Gasteiger partial charge on any atom is -0.463 e. The monoisotopic (exact) mass is 1060 g/mol. The van der Waals surface area contributed by atoms with Gasteiger partial charge in [-0.1, -0.05) is 252 Å². The Bertz CT molecular complexity index is 1490. The minimum atomic E-state index is -1.20. The Morgan fingerprint density at radius 2 is 0.811 bits per heavy atom. The van der Waals surface area contributed by atoms with Crippen molar-refractivity contribution >= 4 is 35.6 Å². The third-order valence-corrected chi connectivity index (χ3v) is 17.2. The molecule has 0 radical (unpaired) electrons. The number of unbranched alkanes of at least 4 members (excludes halogenated alkanes) is 32. The van der Waals surface area contributed by atoms with Gasteiger partial charge in [0.05, 0.1) is 0 Å². The van der Waals surface area contributed by atoms with Gasteiger partial charge in [0.15, 0.2) is 18.3 Å². The van der Waals surface area contributed by atoms with Crippen molar-refractivity contribution in [3.05, 3.63) is 10.4 Å². The first kappa shape index (κ1) is 67.6. The van der Waals surface area contributed by atoms with Crippen LogP contribution in [0.4, 0.5) is 0 Å². The summed E-state index contributed by atoms with van der Waals surface area (Å²) in [5.74, 6) is -1.68. The van der Waals surface area contributed by atoms with Crippen molar-refractivity contribution in [2.75, 3.05) is 6.61 Å². The van der Waals surface area contributed by atoms with Crippen molar-refractivity contribution < 1.29 is 42.9 Å². The van der Waals surface area contributed by atoms with Gasteiger partial charge in [0.25, 0.3) is 0 Å². The van der Waals surface area contributed by atoms with Crippen LogP contribution in [0.15, 0.2) is 5.11 Å². The molecule has 0 bridgehead atoms. The van der Waals surface area contributed by atoms with Crippen LogP contribution >= 0.6 is 11.8 Å². The molecule has 1 saturated heterocycles. The number of hydrogen-bond acceptors (Lipinski definition) is 11. The highest BCUT2D eigenvalue weighted by molar-refractivity contribution is 8.00. The van der Waals surface area contributed by atoms with E-state index in [1.807, 2.05) is 0 Å². The van der Waals surface area contributed by atoms with E-state index in [4.69, 9.17) is 23.7 Å². The minimum absolute atomic E-state index is 0.0829. The number of rotatable bonds is 48. The second kappa shape index (κ2) is 44.5. The molecule has 2 unspecified atom stereocenters. The third-order valence-electron chi connectivity index (χ3n) is 15.4. The second-order valence-corrected chi connectivity index (χ2v) is 24.1. The molecule has 1 heterocycles. The summed E-state index contributed by atoms with van der Waals surface area (Å²) in [6.45, 7) is 13.0. The van der Waals surface area contributed by atoms with Crippen LogP contribution in [0, 0.1) is 5.41 Å². The zero-order chi connectivity index (χ0) is 53.9. The number of ether oxygens (including phenoxy) is 5. The van der Waals surface area contributed by atoms with Crippen molar-refractivity contribution in [3.8, 4) is 0 Å². The van der Waals surface area contributed by atoms with E-state index in [2.05, 4.69) is 51.6 Å². The van der Waals surface area contributed by atoms with E-state index >= 15 is 0 Å². The Balaban J connectivity index is 2.42. The lowest BCUT2D eigenvalue weighted by molar-refractivity contribution is -0.239. The normalized spacial score (nSPS) is 21.2. The summed E-state index contributed by atoms with van der Waals surface area (Å²) in [5, 5.41) is 4.02. The summed E-state index contributed by atoms with van der Waals surface area (Å²) in [7, 11) is 0. The molecule has 1 saturated carbocycles. The number of nitrogens with zero attached hydrogens (tertiary/aromatic N) is 3. The van der Waals surface area contributed by atoms with Gasteiger partial charge in [-0.2, -0.15) is 0 Å². The van der Waals surface area contributed by atoms with Gasteiger partial charge >= 0.3 is 23.9 Å². The van der Waals surface area contributed by atoms with E-state index in [9.17, 15) is 24.7 Å². The van der Waals surface area contributed by atoms with Gasteiger partial charge in [0, 0.05) is 41.9 Å². The highest BCUT2D eigenvalue weighted by Gasteiger charge is 2.55. The second-order valence-electron chi connectivity index (χ2n) is 22.8. The van der Waals surface area contributed by atoms with Gasteiger partial charge in [-0.05, 0) is 49.5 Å². The maximum Gasteiger partial charge on any atom is 0.306 e. The number of carbonyl (C=O) groups is 4. The molecule has 7 atom stereocenters. The molecule has 0 aromatic carbocycles. The number of carbonyl (C=O) groups excluding carboxylic acids is 4. The Kier molecular flexibility index (Phi) is 40.6. The van der Waals surface area contributed by atoms with Crippen molar-refractivity contribution in [2.24, 2.45) is 10.5 Å². The molecule has 0 spiro atoms. The molecule has 13 heteroatoms. The standard InChI is InChI=1S/C61H111N3O9S/c1-7-11-15-19-23-27-31-35-39-43-53(65)69-49-51-57(71-54(66)44-40-36-32-28-24-20-16-12-8-2)58(72-55(67)45-41-37-33-29-25-21-17-13-9-3)59(73-56(68)46-42-38-34-30-26-22-18-14-10-4)60(70-51)74-52-47-50(63-64-62)48-61(52,5)6/h50-52,57-60H,7-49H2,1-6H3/t50?,51-,52?,57-,58+,59-,60-/m1/s1. The summed E-state index contributed by atoms with van der Waals surface area (Å²) in [6, 6.07) is -0.221. The van der Waals surface area contributed by atoms with E-state index in [1.54, 1.807) is 0 Å². The lowest BCUT2D eigenvalue weighted by Crippen LogP contribution is -2.62. The fourth-order valence-corrected chi connectivity index (χ4v) is 12.4. The molecule has 1 aliphatic carbocycles. The average molecular weight is 1060 g/mol. The number of hydrogen-bond donors (Lipinski definition) is 0. The van der Waals surface area contributed by atoms with Gasteiger partial charge in [0.1, 0.15) is 18.1 Å². The molecule has 0 aromatic rings. The predicted octanol–water partition coefficient (Wildman–Crippen LogP) is 18.3. The van der Waals surface area contributed by atoms with Gasteiger partial charge in [-0.25, -0.2) is 0 Å². The van der Waals surface area contributed by atoms with Crippen LogP contribution in [0.5, 0.6) is 0 Å². The van der Waals surface area contributed by atoms with Crippen LogP contribution in [-0.2, 0) is 42.9 Å². The summed E-state index contributed by atoms with van der Waals surface area (Å²) >= 11 is 1.48. The molecule has 2 rings (SSSR count). The van der Waals surface area contributed by atoms with Gasteiger partial charge in [-0.15, -0.1) is 11.8 Å². The zero-order valence-corrected chi connectivity index (χ0v) is 49.2. The summed E-state index contributed by atoms with van der Waals surface area (Å²) in [5.41, 5.74) is 8.26. The van der Waals surface area contributed by atoms with Crippen LogP contribution in [0.1, 0.15) is 311 Å². The van der Waals surface area contributed by atoms with Crippen LogP contribution in [0.25, 0.3) is 10.4 Å². The Hall–Kier alpha value is -2.50. The Morgan fingerprint density at radius 1 is 0.486 bits per heavy atom. The summed E-state index contributed by atoms with van der Waals surface area (Å²) in [6.07, 6.45) is 37.4. The predicted molar refractivity (Wildman–Crippen MR) is 304 cm³/mol. The number of esters is 4. The summed E-state index contributed by atoms with van der Waals surface area (Å²) < 4.78 is 32.2. The van der Waals surface area contributed by atoms with E-state index in [1.165, 1.54) is 140 Å². The Morgan fingerprint density at radius 3 is 1.18 bits per heavy atom. The van der Waals surface area contributed by atoms with Crippen LogP contribution in [0.2, 0.25) is 0 Å². The molecule has 2 fully saturated rings. The lowest BCUT2D eigenvalue weighted by atomic mass is 9.91. The first-order valence-corrected chi connectivity index (χ1v) is 32.0. The van der Waals surface area contributed by atoms with E-state index in [0.717, 1.165) is 77.0 Å². The van der Waals surface area contributed by atoms with Crippen molar-refractivity contribution in [1.82, 2.24) is 0 Å². The van der Waals surface area contributed by atoms with Crippen molar-refractivity contribution in [2.45, 2.75) is 352 Å². The van der Waals surface area contributed by atoms with E-state index in [-0.39, 0.29) is 55.0 Å². The van der Waals surface area contributed by atoms with Gasteiger partial charge in [-0.3, -0.25) is 19.2 Å². The number of azide groups is 1. The molecule has 1 aliphatic heterocycles. The van der Waals surface area contributed by atoms with Gasteiger partial charge < -0.3 is 23.7 Å². The van der Waals surface area contributed by atoms with Crippen LogP contribution in [0.3, 0.4) is 0 Å². The lowest BCUT2D eigenvalue weighted by Gasteiger charge is -2.45. The highest BCUT2D eigenvalue weighted by atomic mass is 32.2. The average Bonchev–Trinajstić information content (AvgIpc) is 3.66. The van der Waals surface area contributed by atoms with E-state index in [0.29, 0.717) is 38.5 Å². The maximum absolute atomic E-state index is 14.1. The fourth-order valence-electron chi connectivity index (χ4n) is 10.7.